The van der Waals surface area contributed by atoms with Gasteiger partial charge in [-0.3, -0.25) is 0 Å². The van der Waals surface area contributed by atoms with Gasteiger partial charge in [-0.2, -0.15) is 0 Å². The van der Waals surface area contributed by atoms with Crippen molar-refractivity contribution in [2.45, 2.75) is 44.7 Å². The minimum atomic E-state index is 0.145. The van der Waals surface area contributed by atoms with Crippen molar-refractivity contribution in [2.75, 3.05) is 6.54 Å². The highest BCUT2D eigenvalue weighted by molar-refractivity contribution is 5.26. The van der Waals surface area contributed by atoms with Gasteiger partial charge in [-0.1, -0.05) is 37.6 Å². The molecule has 0 aliphatic carbocycles. The molecule has 3 N–H and O–H groups in total. The van der Waals surface area contributed by atoms with Crippen molar-refractivity contribution >= 4 is 0 Å². The molecule has 1 aliphatic heterocycles. The predicted molar refractivity (Wildman–Crippen MR) is 68.4 cm³/mol. The van der Waals surface area contributed by atoms with E-state index in [4.69, 9.17) is 5.73 Å². The van der Waals surface area contributed by atoms with Gasteiger partial charge in [0.2, 0.25) is 0 Å². The largest absolute Gasteiger partial charge is 0.323 e. The average Bonchev–Trinajstić information content (AvgIpc) is 2.39. The van der Waals surface area contributed by atoms with Gasteiger partial charge in [0.05, 0.1) is 0 Å². The van der Waals surface area contributed by atoms with Gasteiger partial charge in [-0.15, -0.1) is 0 Å². The normalized spacial score (nSPS) is 23.0. The Morgan fingerprint density at radius 3 is 2.62 bits per heavy atom. The highest BCUT2D eigenvalue weighted by atomic mass is 15.0. The lowest BCUT2D eigenvalue weighted by Crippen LogP contribution is -2.42. The standard InChI is InChI=1S/C14H22N2/c1-2-11-6-8-12(9-7-11)14(15)13-5-3-4-10-16-13/h6-9,13-14,16H,2-5,10,15H2,1H3. The lowest BCUT2D eigenvalue weighted by Gasteiger charge is -2.29. The zero-order valence-electron chi connectivity index (χ0n) is 10.1. The van der Waals surface area contributed by atoms with E-state index >= 15 is 0 Å². The van der Waals surface area contributed by atoms with Crippen molar-refractivity contribution in [2.24, 2.45) is 5.73 Å². The van der Waals surface area contributed by atoms with E-state index in [1.165, 1.54) is 30.4 Å². The van der Waals surface area contributed by atoms with Crippen LogP contribution in [-0.4, -0.2) is 12.6 Å². The molecule has 88 valence electrons. The van der Waals surface area contributed by atoms with E-state index in [1.807, 2.05) is 0 Å². The Morgan fingerprint density at radius 2 is 2.06 bits per heavy atom. The fraction of sp³-hybridized carbons (Fsp3) is 0.571. The molecule has 1 aromatic rings. The molecule has 0 saturated carbocycles. The summed E-state index contributed by atoms with van der Waals surface area (Å²) in [6.45, 7) is 3.29. The molecule has 0 radical (unpaired) electrons. The van der Waals surface area contributed by atoms with Crippen LogP contribution >= 0.6 is 0 Å². The smallest absolute Gasteiger partial charge is 0.0450 e. The number of rotatable bonds is 3. The molecular weight excluding hydrogens is 196 g/mol. The molecule has 1 aromatic carbocycles. The summed E-state index contributed by atoms with van der Waals surface area (Å²) in [7, 11) is 0. The summed E-state index contributed by atoms with van der Waals surface area (Å²) in [5, 5.41) is 3.52. The first kappa shape index (κ1) is 11.6. The molecule has 2 atom stereocenters. The van der Waals surface area contributed by atoms with Gasteiger partial charge < -0.3 is 11.1 Å². The molecule has 1 aliphatic rings. The molecule has 1 saturated heterocycles. The van der Waals surface area contributed by atoms with Gasteiger partial charge in [0.25, 0.3) is 0 Å². The van der Waals surface area contributed by atoms with E-state index in [1.54, 1.807) is 0 Å². The molecule has 1 fully saturated rings. The SMILES string of the molecule is CCc1ccc(C(N)C2CCCCN2)cc1. The van der Waals surface area contributed by atoms with Gasteiger partial charge in [0.1, 0.15) is 0 Å². The van der Waals surface area contributed by atoms with Crippen LogP contribution in [0.15, 0.2) is 24.3 Å². The Hall–Kier alpha value is -0.860. The monoisotopic (exact) mass is 218 g/mol. The van der Waals surface area contributed by atoms with E-state index in [0.29, 0.717) is 6.04 Å². The van der Waals surface area contributed by atoms with Crippen LogP contribution in [0.25, 0.3) is 0 Å². The molecule has 0 bridgehead atoms. The summed E-state index contributed by atoms with van der Waals surface area (Å²) < 4.78 is 0. The summed E-state index contributed by atoms with van der Waals surface area (Å²) in [6.07, 6.45) is 4.89. The number of hydrogen-bond donors (Lipinski definition) is 2. The molecule has 2 rings (SSSR count). The predicted octanol–water partition coefficient (Wildman–Crippen LogP) is 2.39. The number of aryl methyl sites for hydroxylation is 1. The Bertz CT molecular complexity index is 312. The lowest BCUT2D eigenvalue weighted by atomic mass is 9.93. The molecule has 0 aromatic heterocycles. The van der Waals surface area contributed by atoms with Crippen LogP contribution < -0.4 is 11.1 Å². The molecular formula is C14H22N2. The Morgan fingerprint density at radius 1 is 1.31 bits per heavy atom. The van der Waals surface area contributed by atoms with Crippen molar-refractivity contribution in [1.82, 2.24) is 5.32 Å². The van der Waals surface area contributed by atoms with E-state index in [-0.39, 0.29) is 6.04 Å². The zero-order valence-corrected chi connectivity index (χ0v) is 10.1. The van der Waals surface area contributed by atoms with Crippen molar-refractivity contribution in [3.8, 4) is 0 Å². The number of nitrogens with one attached hydrogen (secondary N) is 1. The van der Waals surface area contributed by atoms with Crippen LogP contribution in [-0.2, 0) is 6.42 Å². The molecule has 16 heavy (non-hydrogen) atoms. The van der Waals surface area contributed by atoms with Crippen LogP contribution in [0.3, 0.4) is 0 Å². The number of benzene rings is 1. The van der Waals surface area contributed by atoms with Gasteiger partial charge in [0.15, 0.2) is 0 Å². The Labute approximate surface area is 98.2 Å². The second kappa shape index (κ2) is 5.46. The highest BCUT2D eigenvalue weighted by Gasteiger charge is 2.20. The number of piperidine rings is 1. The second-order valence-electron chi connectivity index (χ2n) is 4.68. The van der Waals surface area contributed by atoms with Crippen LogP contribution in [0.1, 0.15) is 43.4 Å². The fourth-order valence-corrected chi connectivity index (χ4v) is 2.39. The average molecular weight is 218 g/mol. The third kappa shape index (κ3) is 2.63. The van der Waals surface area contributed by atoms with Gasteiger partial charge in [-0.05, 0) is 36.9 Å². The van der Waals surface area contributed by atoms with E-state index < -0.39 is 0 Å². The molecule has 2 unspecified atom stereocenters. The first-order chi connectivity index (χ1) is 7.81. The van der Waals surface area contributed by atoms with E-state index in [9.17, 15) is 0 Å². The van der Waals surface area contributed by atoms with Crippen molar-refractivity contribution in [3.05, 3.63) is 35.4 Å². The van der Waals surface area contributed by atoms with Crippen LogP contribution in [0.4, 0.5) is 0 Å². The topological polar surface area (TPSA) is 38.0 Å². The third-order valence-electron chi connectivity index (χ3n) is 3.55. The zero-order chi connectivity index (χ0) is 11.4. The van der Waals surface area contributed by atoms with Crippen LogP contribution in [0.2, 0.25) is 0 Å². The van der Waals surface area contributed by atoms with Gasteiger partial charge in [-0.25, -0.2) is 0 Å². The lowest BCUT2D eigenvalue weighted by molar-refractivity contribution is 0.354. The number of hydrogen-bond acceptors (Lipinski definition) is 2. The molecule has 1 heterocycles. The fourth-order valence-electron chi connectivity index (χ4n) is 2.39. The molecule has 0 spiro atoms. The highest BCUT2D eigenvalue weighted by Crippen LogP contribution is 2.21. The number of nitrogens with two attached hydrogens (primary N) is 1. The minimum Gasteiger partial charge on any atom is -0.323 e. The maximum Gasteiger partial charge on any atom is 0.0450 e. The van der Waals surface area contributed by atoms with Crippen LogP contribution in [0.5, 0.6) is 0 Å². The maximum atomic E-state index is 6.30. The minimum absolute atomic E-state index is 0.145. The maximum absolute atomic E-state index is 6.30. The first-order valence-corrected chi connectivity index (χ1v) is 6.39. The molecule has 0 amide bonds. The third-order valence-corrected chi connectivity index (χ3v) is 3.55. The summed E-state index contributed by atoms with van der Waals surface area (Å²) in [5.74, 6) is 0. The first-order valence-electron chi connectivity index (χ1n) is 6.39. The van der Waals surface area contributed by atoms with Gasteiger partial charge in [0, 0.05) is 12.1 Å². The van der Waals surface area contributed by atoms with E-state index in [2.05, 4.69) is 36.5 Å². The Kier molecular flexibility index (Phi) is 3.97. The molecule has 2 nitrogen and oxygen atoms in total. The van der Waals surface area contributed by atoms with Gasteiger partial charge >= 0.3 is 0 Å². The quantitative estimate of drug-likeness (QED) is 0.817. The summed E-state index contributed by atoms with van der Waals surface area (Å²) in [6, 6.07) is 9.35. The summed E-state index contributed by atoms with van der Waals surface area (Å²) in [4.78, 5) is 0. The Balaban J connectivity index is 2.04. The second-order valence-corrected chi connectivity index (χ2v) is 4.68. The van der Waals surface area contributed by atoms with Crippen molar-refractivity contribution < 1.29 is 0 Å². The molecule has 2 heteroatoms. The van der Waals surface area contributed by atoms with Crippen LogP contribution in [0, 0.1) is 0 Å². The van der Waals surface area contributed by atoms with Crippen molar-refractivity contribution in [3.63, 3.8) is 0 Å². The summed E-state index contributed by atoms with van der Waals surface area (Å²) in [5.41, 5.74) is 8.94. The van der Waals surface area contributed by atoms with E-state index in [0.717, 1.165) is 13.0 Å². The summed E-state index contributed by atoms with van der Waals surface area (Å²) >= 11 is 0. The van der Waals surface area contributed by atoms with Crippen molar-refractivity contribution in [1.29, 1.82) is 0 Å².